The minimum Gasteiger partial charge on any atom is -0.337 e. The van der Waals surface area contributed by atoms with Crippen LogP contribution in [0.15, 0.2) is 6.20 Å². The number of H-pyrrole nitrogens is 1. The van der Waals surface area contributed by atoms with Crippen molar-refractivity contribution in [2.45, 2.75) is 78.7 Å². The molecular weight excluding hydrogens is 252 g/mol. The van der Waals surface area contributed by atoms with E-state index < -0.39 is 0 Å². The van der Waals surface area contributed by atoms with Crippen LogP contribution in [-0.4, -0.2) is 9.55 Å². The van der Waals surface area contributed by atoms with Gasteiger partial charge < -0.3 is 9.55 Å². The van der Waals surface area contributed by atoms with Gasteiger partial charge in [0.1, 0.15) is 0 Å². The van der Waals surface area contributed by atoms with Gasteiger partial charge in [-0.05, 0) is 24.6 Å². The topological polar surface area (TPSA) is 20.7 Å². The molecule has 1 N–H and O–H groups in total. The van der Waals surface area contributed by atoms with Gasteiger partial charge in [-0.1, -0.05) is 60.3 Å². The Labute approximate surface area is 123 Å². The van der Waals surface area contributed by atoms with Gasteiger partial charge in [0.15, 0.2) is 4.77 Å². The fourth-order valence-electron chi connectivity index (χ4n) is 2.41. The molecule has 0 saturated heterocycles. The molecule has 0 radical (unpaired) electrons. The molecule has 0 unspecified atom stereocenters. The van der Waals surface area contributed by atoms with E-state index in [2.05, 4.69) is 50.4 Å². The van der Waals surface area contributed by atoms with Gasteiger partial charge in [0.25, 0.3) is 0 Å². The van der Waals surface area contributed by atoms with Crippen LogP contribution >= 0.6 is 12.2 Å². The highest BCUT2D eigenvalue weighted by Gasteiger charge is 2.18. The molecule has 0 spiro atoms. The lowest BCUT2D eigenvalue weighted by Crippen LogP contribution is -2.17. The van der Waals surface area contributed by atoms with Crippen LogP contribution in [0.2, 0.25) is 0 Å². The van der Waals surface area contributed by atoms with Gasteiger partial charge in [0.2, 0.25) is 0 Å². The predicted molar refractivity (Wildman–Crippen MR) is 86.2 cm³/mol. The van der Waals surface area contributed by atoms with Crippen molar-refractivity contribution in [2.75, 3.05) is 0 Å². The second-order valence-electron chi connectivity index (χ2n) is 6.98. The van der Waals surface area contributed by atoms with Crippen LogP contribution in [0.3, 0.4) is 0 Å². The Morgan fingerprint density at radius 1 is 1.16 bits per heavy atom. The average Bonchev–Trinajstić information content (AvgIpc) is 2.64. The van der Waals surface area contributed by atoms with Gasteiger partial charge in [-0.3, -0.25) is 0 Å². The lowest BCUT2D eigenvalue weighted by molar-refractivity contribution is 0.477. The van der Waals surface area contributed by atoms with Crippen LogP contribution in [0, 0.1) is 10.7 Å². The standard InChI is InChI=1S/C16H30N2S/c1-13(2)10-8-6-7-9-11-18-14(16(3,4)5)12-17-15(18)19/h12-13H,6-11H2,1-5H3,(H,17,19). The summed E-state index contributed by atoms with van der Waals surface area (Å²) in [5.74, 6) is 0.839. The maximum absolute atomic E-state index is 5.38. The van der Waals surface area contributed by atoms with Crippen molar-refractivity contribution < 1.29 is 0 Å². The van der Waals surface area contributed by atoms with Crippen molar-refractivity contribution in [3.05, 3.63) is 16.7 Å². The molecule has 0 aliphatic rings. The van der Waals surface area contributed by atoms with Crippen molar-refractivity contribution >= 4 is 12.2 Å². The first-order valence-electron chi connectivity index (χ1n) is 7.61. The number of nitrogens with zero attached hydrogens (tertiary/aromatic N) is 1. The lowest BCUT2D eigenvalue weighted by atomic mass is 9.92. The molecule has 0 aliphatic carbocycles. The van der Waals surface area contributed by atoms with Crippen molar-refractivity contribution in [3.63, 3.8) is 0 Å². The Bertz CT molecular complexity index is 421. The SMILES string of the molecule is CC(C)CCCCCCn1c(C(C)(C)C)c[nH]c1=S. The third kappa shape index (κ3) is 5.52. The second-order valence-corrected chi connectivity index (χ2v) is 7.36. The fourth-order valence-corrected chi connectivity index (χ4v) is 2.66. The number of imidazole rings is 1. The minimum atomic E-state index is 0.158. The summed E-state index contributed by atoms with van der Waals surface area (Å²) in [7, 11) is 0. The van der Waals surface area contributed by atoms with E-state index in [4.69, 9.17) is 12.2 Å². The molecule has 0 fully saturated rings. The molecule has 1 rings (SSSR count). The smallest absolute Gasteiger partial charge is 0.177 e. The molecule has 0 saturated carbocycles. The zero-order valence-electron chi connectivity index (χ0n) is 13.3. The van der Waals surface area contributed by atoms with Crippen LogP contribution < -0.4 is 0 Å². The summed E-state index contributed by atoms with van der Waals surface area (Å²) in [4.78, 5) is 3.19. The first-order valence-corrected chi connectivity index (χ1v) is 8.02. The van der Waals surface area contributed by atoms with Gasteiger partial charge in [-0.15, -0.1) is 0 Å². The summed E-state index contributed by atoms with van der Waals surface area (Å²) in [6, 6.07) is 0. The highest BCUT2D eigenvalue weighted by molar-refractivity contribution is 7.71. The van der Waals surface area contributed by atoms with Crippen molar-refractivity contribution in [1.82, 2.24) is 9.55 Å². The Hall–Kier alpha value is -0.570. The Balaban J connectivity index is 2.42. The van der Waals surface area contributed by atoms with E-state index in [0.29, 0.717) is 0 Å². The molecule has 2 nitrogen and oxygen atoms in total. The first kappa shape index (κ1) is 16.5. The van der Waals surface area contributed by atoms with Crippen molar-refractivity contribution in [1.29, 1.82) is 0 Å². The zero-order valence-corrected chi connectivity index (χ0v) is 14.1. The summed E-state index contributed by atoms with van der Waals surface area (Å²) < 4.78 is 3.14. The number of unbranched alkanes of at least 4 members (excludes halogenated alkanes) is 3. The van der Waals surface area contributed by atoms with E-state index in [0.717, 1.165) is 17.2 Å². The molecule has 110 valence electrons. The number of rotatable bonds is 7. The highest BCUT2D eigenvalue weighted by Crippen LogP contribution is 2.22. The van der Waals surface area contributed by atoms with Gasteiger partial charge in [-0.2, -0.15) is 0 Å². The number of hydrogen-bond donors (Lipinski definition) is 1. The number of aromatic amines is 1. The van der Waals surface area contributed by atoms with Crippen molar-refractivity contribution in [2.24, 2.45) is 5.92 Å². The van der Waals surface area contributed by atoms with Crippen LogP contribution in [-0.2, 0) is 12.0 Å². The van der Waals surface area contributed by atoms with Crippen LogP contribution in [0.1, 0.15) is 72.4 Å². The summed E-state index contributed by atoms with van der Waals surface area (Å²) in [5, 5.41) is 0. The second kappa shape index (κ2) is 7.28. The van der Waals surface area contributed by atoms with Crippen LogP contribution in [0.4, 0.5) is 0 Å². The third-order valence-electron chi connectivity index (χ3n) is 3.55. The van der Waals surface area contributed by atoms with E-state index in [9.17, 15) is 0 Å². The number of aromatic nitrogens is 2. The molecule has 19 heavy (non-hydrogen) atoms. The molecule has 0 aromatic carbocycles. The largest absolute Gasteiger partial charge is 0.337 e. The zero-order chi connectivity index (χ0) is 14.5. The summed E-state index contributed by atoms with van der Waals surface area (Å²) in [5.41, 5.74) is 1.48. The fraction of sp³-hybridized carbons (Fsp3) is 0.812. The summed E-state index contributed by atoms with van der Waals surface area (Å²) in [6.45, 7) is 12.4. The molecule has 1 aromatic heterocycles. The quantitative estimate of drug-likeness (QED) is 0.521. The van der Waals surface area contributed by atoms with E-state index in [1.165, 1.54) is 37.8 Å². The summed E-state index contributed by atoms with van der Waals surface area (Å²) in [6.07, 6.45) is 8.68. The van der Waals surface area contributed by atoms with Gasteiger partial charge in [0, 0.05) is 23.9 Å². The van der Waals surface area contributed by atoms with Crippen LogP contribution in [0.5, 0.6) is 0 Å². The molecule has 0 bridgehead atoms. The maximum atomic E-state index is 5.38. The highest BCUT2D eigenvalue weighted by atomic mass is 32.1. The Morgan fingerprint density at radius 2 is 1.79 bits per heavy atom. The maximum Gasteiger partial charge on any atom is 0.177 e. The Kier molecular flexibility index (Phi) is 6.31. The van der Waals surface area contributed by atoms with E-state index >= 15 is 0 Å². The molecule has 1 aromatic rings. The van der Waals surface area contributed by atoms with Crippen LogP contribution in [0.25, 0.3) is 0 Å². The third-order valence-corrected chi connectivity index (χ3v) is 3.89. The molecular formula is C16H30N2S. The Morgan fingerprint density at radius 3 is 2.37 bits per heavy atom. The van der Waals surface area contributed by atoms with E-state index in [-0.39, 0.29) is 5.41 Å². The molecule has 0 atom stereocenters. The monoisotopic (exact) mass is 282 g/mol. The lowest BCUT2D eigenvalue weighted by Gasteiger charge is -2.20. The molecule has 1 heterocycles. The minimum absolute atomic E-state index is 0.158. The van der Waals surface area contributed by atoms with Gasteiger partial charge >= 0.3 is 0 Å². The van der Waals surface area contributed by atoms with Gasteiger partial charge in [-0.25, -0.2) is 0 Å². The number of hydrogen-bond acceptors (Lipinski definition) is 1. The number of nitrogens with one attached hydrogen (secondary N) is 1. The van der Waals surface area contributed by atoms with E-state index in [1.807, 2.05) is 0 Å². The van der Waals surface area contributed by atoms with Crippen molar-refractivity contribution in [3.8, 4) is 0 Å². The predicted octanol–water partition coefficient (Wildman–Crippen LogP) is 5.45. The molecule has 3 heteroatoms. The van der Waals surface area contributed by atoms with Gasteiger partial charge in [0.05, 0.1) is 0 Å². The van der Waals surface area contributed by atoms with E-state index in [1.54, 1.807) is 0 Å². The average molecular weight is 282 g/mol. The summed E-state index contributed by atoms with van der Waals surface area (Å²) >= 11 is 5.38. The first-order chi connectivity index (χ1) is 8.82. The normalized spacial score (nSPS) is 12.3. The molecule has 0 aliphatic heterocycles. The molecule has 0 amide bonds.